The van der Waals surface area contributed by atoms with Crippen molar-refractivity contribution >= 4 is 80.6 Å². The zero-order valence-electron chi connectivity index (χ0n) is 18.4. The fraction of sp³-hybridized carbons (Fsp3) is 0.238. The Bertz CT molecular complexity index is 1240. The van der Waals surface area contributed by atoms with Crippen LogP contribution in [-0.4, -0.2) is 59.5 Å². The number of rotatable bonds is 8. The number of non-ortho nitro benzene ring substituents is 1. The quantitative estimate of drug-likeness (QED) is 0.153. The summed E-state index contributed by atoms with van der Waals surface area (Å²) in [6.45, 7) is 2.43. The number of morpholine rings is 1. The Morgan fingerprint density at radius 2 is 1.86 bits per heavy atom. The molecule has 0 saturated carbocycles. The summed E-state index contributed by atoms with van der Waals surface area (Å²) >= 11 is 4.46. The van der Waals surface area contributed by atoms with Crippen LogP contribution in [0.4, 0.5) is 29.2 Å². The van der Waals surface area contributed by atoms with Crippen molar-refractivity contribution in [3.8, 4) is 5.75 Å². The highest BCUT2D eigenvalue weighted by Gasteiger charge is 2.17. The highest BCUT2D eigenvalue weighted by Crippen LogP contribution is 2.27. The first kappa shape index (κ1) is 25.2. The van der Waals surface area contributed by atoms with Crippen molar-refractivity contribution in [2.75, 3.05) is 49.1 Å². The van der Waals surface area contributed by atoms with Gasteiger partial charge < -0.3 is 19.7 Å². The van der Waals surface area contributed by atoms with E-state index < -0.39 is 4.92 Å². The minimum Gasteiger partial charge on any atom is -0.495 e. The molecule has 1 aliphatic rings. The predicted molar refractivity (Wildman–Crippen MR) is 149 cm³/mol. The fourth-order valence-corrected chi connectivity index (χ4v) is 5.33. The molecule has 1 aromatic heterocycles. The summed E-state index contributed by atoms with van der Waals surface area (Å²) in [6, 6.07) is 9.97. The van der Waals surface area contributed by atoms with Crippen LogP contribution in [0.2, 0.25) is 0 Å². The molecule has 0 aliphatic carbocycles. The summed E-state index contributed by atoms with van der Waals surface area (Å²) in [5.41, 5.74) is 4.28. The third-order valence-electron chi connectivity index (χ3n) is 4.86. The van der Waals surface area contributed by atoms with Crippen LogP contribution < -0.4 is 20.4 Å². The van der Waals surface area contributed by atoms with E-state index in [1.807, 2.05) is 17.0 Å². The van der Waals surface area contributed by atoms with Crippen molar-refractivity contribution in [1.29, 1.82) is 0 Å². The number of aromatic nitrogens is 3. The lowest BCUT2D eigenvalue weighted by Crippen LogP contribution is -2.37. The molecule has 4 rings (SSSR count). The Labute approximate surface area is 228 Å². The van der Waals surface area contributed by atoms with Crippen LogP contribution in [0.25, 0.3) is 0 Å². The average molecular weight is 702 g/mol. The normalized spacial score (nSPS) is 13.6. The van der Waals surface area contributed by atoms with Crippen molar-refractivity contribution < 1.29 is 14.4 Å². The number of ether oxygens (including phenoxy) is 2. The number of nitro benzene ring substituents is 1. The van der Waals surface area contributed by atoms with E-state index in [4.69, 9.17) is 9.47 Å². The summed E-state index contributed by atoms with van der Waals surface area (Å²) in [5, 5.41) is 18.3. The Hall–Kier alpha value is -2.86. The summed E-state index contributed by atoms with van der Waals surface area (Å²) in [4.78, 5) is 25.9. The lowest BCUT2D eigenvalue weighted by Gasteiger charge is -2.27. The molecule has 14 heteroatoms. The van der Waals surface area contributed by atoms with Crippen LogP contribution in [0.15, 0.2) is 41.5 Å². The van der Waals surface area contributed by atoms with Gasteiger partial charge in [-0.1, -0.05) is 0 Å². The number of nitrogens with zero attached hydrogens (tertiary/aromatic N) is 6. The highest BCUT2D eigenvalue weighted by molar-refractivity contribution is 14.1. The molecule has 2 aromatic carbocycles. The number of methoxy groups -OCH3 is 1. The van der Waals surface area contributed by atoms with Gasteiger partial charge in [-0.2, -0.15) is 20.1 Å². The van der Waals surface area contributed by atoms with Crippen LogP contribution in [0.3, 0.4) is 0 Å². The molecule has 35 heavy (non-hydrogen) atoms. The van der Waals surface area contributed by atoms with E-state index in [2.05, 4.69) is 76.0 Å². The Morgan fingerprint density at radius 1 is 1.14 bits per heavy atom. The Morgan fingerprint density at radius 3 is 2.54 bits per heavy atom. The monoisotopic (exact) mass is 702 g/mol. The summed E-state index contributed by atoms with van der Waals surface area (Å²) in [5.74, 6) is 1.70. The smallest absolute Gasteiger partial charge is 0.269 e. The molecule has 2 heterocycles. The number of hydrazone groups is 1. The number of nitro groups is 1. The topological polar surface area (TPSA) is 140 Å². The first-order chi connectivity index (χ1) is 16.9. The van der Waals surface area contributed by atoms with Crippen LogP contribution >= 0.6 is 45.2 Å². The Balaban J connectivity index is 1.59. The van der Waals surface area contributed by atoms with Gasteiger partial charge in [0, 0.05) is 40.0 Å². The SMILES string of the molecule is COc1c(I)cc(I)cc1/C=N\Nc1nc(Nc2ccc([N+](=O)[O-])cc2)nc(N2CCOCC2)n1. The molecule has 0 radical (unpaired) electrons. The number of halogens is 2. The molecule has 1 fully saturated rings. The van der Waals surface area contributed by atoms with Gasteiger partial charge in [0.2, 0.25) is 17.8 Å². The van der Waals surface area contributed by atoms with E-state index in [0.29, 0.717) is 37.9 Å². The molecule has 3 aromatic rings. The maximum Gasteiger partial charge on any atom is 0.269 e. The van der Waals surface area contributed by atoms with E-state index in [0.717, 1.165) is 18.5 Å². The van der Waals surface area contributed by atoms with Gasteiger partial charge in [-0.25, -0.2) is 5.43 Å². The van der Waals surface area contributed by atoms with Crippen LogP contribution in [0.5, 0.6) is 5.75 Å². The molecule has 0 spiro atoms. The van der Waals surface area contributed by atoms with Crippen molar-refractivity contribution in [1.82, 2.24) is 15.0 Å². The molecule has 1 saturated heterocycles. The first-order valence-corrected chi connectivity index (χ1v) is 12.5. The maximum atomic E-state index is 10.9. The fourth-order valence-electron chi connectivity index (χ4n) is 3.22. The summed E-state index contributed by atoms with van der Waals surface area (Å²) in [6.07, 6.45) is 1.64. The standard InChI is InChI=1S/C21H20I2N8O4/c1-34-18-13(10-14(22)11-17(18)23)12-24-29-20-26-19(25-15-2-4-16(5-3-15)31(32)33)27-21(28-20)30-6-8-35-9-7-30/h2-5,10-12H,6-9H2,1H3,(H2,25,26,27,28,29)/b24-12-. The highest BCUT2D eigenvalue weighted by atomic mass is 127. The average Bonchev–Trinajstić information content (AvgIpc) is 2.84. The second kappa shape index (κ2) is 11.7. The van der Waals surface area contributed by atoms with E-state index in [-0.39, 0.29) is 17.6 Å². The largest absolute Gasteiger partial charge is 0.495 e. The van der Waals surface area contributed by atoms with Crippen LogP contribution in [0.1, 0.15) is 5.56 Å². The molecule has 12 nitrogen and oxygen atoms in total. The second-order valence-electron chi connectivity index (χ2n) is 7.19. The maximum absolute atomic E-state index is 10.9. The van der Waals surface area contributed by atoms with Gasteiger partial charge in [-0.05, 0) is 69.4 Å². The zero-order chi connectivity index (χ0) is 24.8. The number of benzene rings is 2. The number of hydrogen-bond donors (Lipinski definition) is 2. The van der Waals surface area contributed by atoms with Gasteiger partial charge >= 0.3 is 0 Å². The molecule has 0 amide bonds. The first-order valence-electron chi connectivity index (χ1n) is 10.4. The lowest BCUT2D eigenvalue weighted by atomic mass is 10.2. The minimum absolute atomic E-state index is 0.00226. The third kappa shape index (κ3) is 6.63. The number of nitrogens with one attached hydrogen (secondary N) is 2. The molecule has 0 unspecified atom stereocenters. The van der Waals surface area contributed by atoms with E-state index in [1.54, 1.807) is 25.5 Å². The second-order valence-corrected chi connectivity index (χ2v) is 9.60. The number of hydrogen-bond acceptors (Lipinski definition) is 11. The molecular weight excluding hydrogens is 682 g/mol. The van der Waals surface area contributed by atoms with Gasteiger partial charge in [0.25, 0.3) is 5.69 Å². The molecule has 0 bridgehead atoms. The lowest BCUT2D eigenvalue weighted by molar-refractivity contribution is -0.384. The van der Waals surface area contributed by atoms with Gasteiger partial charge in [-0.15, -0.1) is 0 Å². The summed E-state index contributed by atoms with van der Waals surface area (Å²) < 4.78 is 13.0. The van der Waals surface area contributed by atoms with Crippen molar-refractivity contribution in [2.24, 2.45) is 5.10 Å². The van der Waals surface area contributed by atoms with E-state index >= 15 is 0 Å². The van der Waals surface area contributed by atoms with Gasteiger partial charge in [0.15, 0.2) is 0 Å². The van der Waals surface area contributed by atoms with Crippen molar-refractivity contribution in [2.45, 2.75) is 0 Å². The van der Waals surface area contributed by atoms with E-state index in [9.17, 15) is 10.1 Å². The Kier molecular flexibility index (Phi) is 8.45. The van der Waals surface area contributed by atoms with Crippen LogP contribution in [0, 0.1) is 17.3 Å². The molecule has 1 aliphatic heterocycles. The summed E-state index contributed by atoms with van der Waals surface area (Å²) in [7, 11) is 1.62. The van der Waals surface area contributed by atoms with Crippen LogP contribution in [-0.2, 0) is 4.74 Å². The van der Waals surface area contributed by atoms with Gasteiger partial charge in [0.05, 0.1) is 35.0 Å². The zero-order valence-corrected chi connectivity index (χ0v) is 22.8. The van der Waals surface area contributed by atoms with Crippen molar-refractivity contribution in [3.63, 3.8) is 0 Å². The molecule has 182 valence electrons. The number of anilines is 4. The minimum atomic E-state index is -0.451. The molecular formula is C21H20I2N8O4. The molecule has 0 atom stereocenters. The van der Waals surface area contributed by atoms with Gasteiger partial charge in [-0.3, -0.25) is 10.1 Å². The third-order valence-corrected chi connectivity index (χ3v) is 6.29. The van der Waals surface area contributed by atoms with Gasteiger partial charge in [0.1, 0.15) is 5.75 Å². The van der Waals surface area contributed by atoms with Crippen molar-refractivity contribution in [3.05, 3.63) is 59.2 Å². The molecule has 2 N–H and O–H groups in total. The van der Waals surface area contributed by atoms with E-state index in [1.165, 1.54) is 12.1 Å². The predicted octanol–water partition coefficient (Wildman–Crippen LogP) is 4.02.